The van der Waals surface area contributed by atoms with Crippen LogP contribution in [0.3, 0.4) is 0 Å². The van der Waals surface area contributed by atoms with Crippen LogP contribution in [0.4, 0.5) is 5.69 Å². The number of anilines is 1. The maximum atomic E-state index is 12.7. The average molecular weight is 391 g/mol. The van der Waals surface area contributed by atoms with Crippen molar-refractivity contribution in [2.75, 3.05) is 11.9 Å². The first-order chi connectivity index (χ1) is 13.8. The first-order valence-electron chi connectivity index (χ1n) is 9.51. The fourth-order valence-corrected chi connectivity index (χ4v) is 2.93. The summed E-state index contributed by atoms with van der Waals surface area (Å²) in [4.78, 5) is 24.8. The van der Waals surface area contributed by atoms with E-state index in [4.69, 9.17) is 4.74 Å². The Morgan fingerprint density at radius 3 is 2.41 bits per heavy atom. The highest BCUT2D eigenvalue weighted by molar-refractivity contribution is 6.03. The molecule has 6 nitrogen and oxygen atoms in total. The predicted molar refractivity (Wildman–Crippen MR) is 114 cm³/mol. The maximum Gasteiger partial charge on any atom is 0.276 e. The van der Waals surface area contributed by atoms with E-state index in [-0.39, 0.29) is 35.7 Å². The zero-order chi connectivity index (χ0) is 20.9. The molecule has 1 N–H and O–H groups in total. The van der Waals surface area contributed by atoms with E-state index < -0.39 is 0 Å². The molecule has 2 aromatic carbocycles. The molecule has 0 aliphatic carbocycles. The maximum absolute atomic E-state index is 12.7. The Hall–Kier alpha value is -3.41. The molecule has 3 aromatic rings. The van der Waals surface area contributed by atoms with Gasteiger partial charge in [0.25, 0.3) is 11.5 Å². The highest BCUT2D eigenvalue weighted by Gasteiger charge is 2.19. The summed E-state index contributed by atoms with van der Waals surface area (Å²) >= 11 is 0. The van der Waals surface area contributed by atoms with Gasteiger partial charge in [-0.05, 0) is 35.2 Å². The van der Waals surface area contributed by atoms with Gasteiger partial charge in [-0.1, -0.05) is 57.2 Å². The van der Waals surface area contributed by atoms with Gasteiger partial charge in [0.05, 0.1) is 6.54 Å². The van der Waals surface area contributed by atoms with Crippen LogP contribution in [0.2, 0.25) is 0 Å². The van der Waals surface area contributed by atoms with Crippen LogP contribution in [0.25, 0.3) is 0 Å². The SMILES string of the molecule is CC(C)(C)c1ccccc1NC(=O)c1ccc(=O)n(CCOc2ccccc2)n1. The molecule has 0 aliphatic rings. The van der Waals surface area contributed by atoms with Crippen molar-refractivity contribution in [3.63, 3.8) is 0 Å². The molecule has 0 fully saturated rings. The van der Waals surface area contributed by atoms with Crippen LogP contribution in [0, 0.1) is 0 Å². The molecule has 0 spiro atoms. The lowest BCUT2D eigenvalue weighted by atomic mass is 9.86. The lowest BCUT2D eigenvalue weighted by molar-refractivity contribution is 0.101. The average Bonchev–Trinajstić information content (AvgIpc) is 2.70. The Morgan fingerprint density at radius 1 is 1.00 bits per heavy atom. The zero-order valence-electron chi connectivity index (χ0n) is 16.9. The quantitative estimate of drug-likeness (QED) is 0.692. The molecule has 0 saturated carbocycles. The van der Waals surface area contributed by atoms with Gasteiger partial charge in [-0.3, -0.25) is 9.59 Å². The van der Waals surface area contributed by atoms with E-state index in [1.165, 1.54) is 16.8 Å². The first kappa shape index (κ1) is 20.3. The van der Waals surface area contributed by atoms with Gasteiger partial charge in [0.1, 0.15) is 18.1 Å². The molecule has 0 atom stereocenters. The Bertz CT molecular complexity index is 1040. The molecule has 0 saturated heterocycles. The molecule has 0 unspecified atom stereocenters. The van der Waals surface area contributed by atoms with Gasteiger partial charge in [-0.2, -0.15) is 5.10 Å². The standard InChI is InChI=1S/C23H25N3O3/c1-23(2,3)18-11-7-8-12-19(18)24-22(28)20-13-14-21(27)26(25-20)15-16-29-17-9-5-4-6-10-17/h4-14H,15-16H2,1-3H3,(H,24,28). The minimum atomic E-state index is -0.362. The largest absolute Gasteiger partial charge is 0.492 e. The third-order valence-electron chi connectivity index (χ3n) is 4.40. The number of nitrogens with one attached hydrogen (secondary N) is 1. The molecule has 3 rings (SSSR count). The zero-order valence-corrected chi connectivity index (χ0v) is 16.9. The number of amides is 1. The van der Waals surface area contributed by atoms with Gasteiger partial charge < -0.3 is 10.1 Å². The molecule has 6 heteroatoms. The highest BCUT2D eigenvalue weighted by atomic mass is 16.5. The van der Waals surface area contributed by atoms with Crippen LogP contribution in [-0.4, -0.2) is 22.3 Å². The molecule has 1 aromatic heterocycles. The molecule has 0 radical (unpaired) electrons. The minimum absolute atomic E-state index is 0.120. The van der Waals surface area contributed by atoms with Crippen LogP contribution in [0.1, 0.15) is 36.8 Å². The molecule has 29 heavy (non-hydrogen) atoms. The fraction of sp³-hybridized carbons (Fsp3) is 0.261. The van der Waals surface area contributed by atoms with Crippen LogP contribution in [-0.2, 0) is 12.0 Å². The lowest BCUT2D eigenvalue weighted by Gasteiger charge is -2.22. The van der Waals surface area contributed by atoms with E-state index in [0.717, 1.165) is 11.3 Å². The summed E-state index contributed by atoms with van der Waals surface area (Å²) in [7, 11) is 0. The minimum Gasteiger partial charge on any atom is -0.492 e. The summed E-state index contributed by atoms with van der Waals surface area (Å²) in [5, 5.41) is 7.12. The number of nitrogens with zero attached hydrogens (tertiary/aromatic N) is 2. The summed E-state index contributed by atoms with van der Waals surface area (Å²) in [6, 6.07) is 19.8. The van der Waals surface area contributed by atoms with E-state index in [2.05, 4.69) is 31.2 Å². The second kappa shape index (κ2) is 8.73. The van der Waals surface area contributed by atoms with Crippen LogP contribution in [0.5, 0.6) is 5.75 Å². The van der Waals surface area contributed by atoms with Gasteiger partial charge >= 0.3 is 0 Å². The van der Waals surface area contributed by atoms with Crippen molar-refractivity contribution < 1.29 is 9.53 Å². The number of hydrogen-bond acceptors (Lipinski definition) is 4. The van der Waals surface area contributed by atoms with Gasteiger partial charge in [-0.15, -0.1) is 0 Å². The summed E-state index contributed by atoms with van der Waals surface area (Å²) in [6.07, 6.45) is 0. The molecule has 1 amide bonds. The fourth-order valence-electron chi connectivity index (χ4n) is 2.93. The summed E-state index contributed by atoms with van der Waals surface area (Å²) in [5.74, 6) is 0.354. The molecular weight excluding hydrogens is 366 g/mol. The van der Waals surface area contributed by atoms with Gasteiger partial charge in [0, 0.05) is 11.8 Å². The van der Waals surface area contributed by atoms with Crippen LogP contribution in [0.15, 0.2) is 71.5 Å². The summed E-state index contributed by atoms with van der Waals surface area (Å²) in [6.45, 7) is 6.78. The Balaban J connectivity index is 1.72. The molecular formula is C23H25N3O3. The smallest absolute Gasteiger partial charge is 0.276 e. The molecule has 0 bridgehead atoms. The first-order valence-corrected chi connectivity index (χ1v) is 9.51. The van der Waals surface area contributed by atoms with Gasteiger partial charge in [0.15, 0.2) is 0 Å². The second-order valence-electron chi connectivity index (χ2n) is 7.69. The predicted octanol–water partition coefficient (Wildman–Crippen LogP) is 3.87. The normalized spacial score (nSPS) is 11.1. The number of aromatic nitrogens is 2. The number of carbonyl (C=O) groups excluding carboxylic acids is 1. The van der Waals surface area contributed by atoms with Gasteiger partial charge in [0.2, 0.25) is 0 Å². The highest BCUT2D eigenvalue weighted by Crippen LogP contribution is 2.29. The number of para-hydroxylation sites is 2. The lowest BCUT2D eigenvalue weighted by Crippen LogP contribution is -2.28. The van der Waals surface area contributed by atoms with Crippen LogP contribution < -0.4 is 15.6 Å². The number of carbonyl (C=O) groups is 1. The van der Waals surface area contributed by atoms with Crippen molar-refractivity contribution in [1.29, 1.82) is 0 Å². The van der Waals surface area contributed by atoms with Crippen molar-refractivity contribution in [2.24, 2.45) is 0 Å². The number of rotatable bonds is 6. The van der Waals surface area contributed by atoms with E-state index in [0.29, 0.717) is 5.75 Å². The monoisotopic (exact) mass is 391 g/mol. The third kappa shape index (κ3) is 5.31. The Morgan fingerprint density at radius 2 is 1.69 bits per heavy atom. The van der Waals surface area contributed by atoms with Crippen molar-refractivity contribution in [1.82, 2.24) is 9.78 Å². The van der Waals surface area contributed by atoms with Crippen molar-refractivity contribution in [3.8, 4) is 5.75 Å². The Labute approximate surface area is 170 Å². The van der Waals surface area contributed by atoms with Gasteiger partial charge in [-0.25, -0.2) is 4.68 Å². The molecule has 150 valence electrons. The summed E-state index contributed by atoms with van der Waals surface area (Å²) < 4.78 is 6.86. The van der Waals surface area contributed by atoms with E-state index in [1.807, 2.05) is 54.6 Å². The van der Waals surface area contributed by atoms with Crippen molar-refractivity contribution in [2.45, 2.75) is 32.7 Å². The topological polar surface area (TPSA) is 73.2 Å². The molecule has 1 heterocycles. The number of benzene rings is 2. The Kier molecular flexibility index (Phi) is 6.12. The van der Waals surface area contributed by atoms with E-state index in [9.17, 15) is 9.59 Å². The third-order valence-corrected chi connectivity index (χ3v) is 4.40. The number of ether oxygens (including phenoxy) is 1. The second-order valence-corrected chi connectivity index (χ2v) is 7.69. The molecule has 0 aliphatic heterocycles. The van der Waals surface area contributed by atoms with E-state index >= 15 is 0 Å². The summed E-state index contributed by atoms with van der Waals surface area (Å²) in [5.41, 5.74) is 1.53. The van der Waals surface area contributed by atoms with E-state index in [1.54, 1.807) is 0 Å². The number of hydrogen-bond donors (Lipinski definition) is 1. The van der Waals surface area contributed by atoms with Crippen molar-refractivity contribution >= 4 is 11.6 Å². The van der Waals surface area contributed by atoms with Crippen LogP contribution >= 0.6 is 0 Å². The van der Waals surface area contributed by atoms with Crippen molar-refractivity contribution in [3.05, 3.63) is 88.3 Å².